The number of hydrogen-bond acceptors (Lipinski definition) is 3. The fourth-order valence-corrected chi connectivity index (χ4v) is 3.27. The molecular formula is C17H18BrN3O2. The minimum Gasteiger partial charge on any atom is -0.315 e. The van der Waals surface area contributed by atoms with Gasteiger partial charge in [0, 0.05) is 16.7 Å². The predicted molar refractivity (Wildman–Crippen MR) is 93.0 cm³/mol. The number of halogens is 1. The van der Waals surface area contributed by atoms with Gasteiger partial charge in [-0.05, 0) is 44.4 Å². The maximum Gasteiger partial charge on any atom is 0.261 e. The van der Waals surface area contributed by atoms with Crippen molar-refractivity contribution in [1.82, 2.24) is 14.5 Å². The van der Waals surface area contributed by atoms with E-state index < -0.39 is 0 Å². The molecule has 6 heteroatoms. The molecule has 1 aromatic carbocycles. The highest BCUT2D eigenvalue weighted by molar-refractivity contribution is 9.10. The Bertz CT molecular complexity index is 841. The van der Waals surface area contributed by atoms with Crippen LogP contribution in [0.15, 0.2) is 45.6 Å². The Morgan fingerprint density at radius 2 is 2.26 bits per heavy atom. The molecule has 0 N–H and O–H groups in total. The average Bonchev–Trinajstić information content (AvgIpc) is 3.05. The van der Waals surface area contributed by atoms with Gasteiger partial charge in [-0.3, -0.25) is 14.2 Å². The predicted octanol–water partition coefficient (Wildman–Crippen LogP) is 3.08. The van der Waals surface area contributed by atoms with Crippen molar-refractivity contribution < 1.29 is 4.79 Å². The van der Waals surface area contributed by atoms with Gasteiger partial charge in [0.1, 0.15) is 6.54 Å². The molecule has 3 rings (SSSR count). The van der Waals surface area contributed by atoms with Crippen LogP contribution < -0.4 is 5.56 Å². The summed E-state index contributed by atoms with van der Waals surface area (Å²) in [6.45, 7) is 2.58. The van der Waals surface area contributed by atoms with Gasteiger partial charge in [0.25, 0.3) is 5.56 Å². The van der Waals surface area contributed by atoms with E-state index in [0.29, 0.717) is 17.4 Å². The molecule has 0 saturated carbocycles. The highest BCUT2D eigenvalue weighted by atomic mass is 79.9. The molecule has 0 unspecified atom stereocenters. The molecule has 0 bridgehead atoms. The molecule has 0 spiro atoms. The van der Waals surface area contributed by atoms with Crippen molar-refractivity contribution >= 4 is 32.7 Å². The van der Waals surface area contributed by atoms with Crippen molar-refractivity contribution in [3.63, 3.8) is 0 Å². The number of carbonyl (C=O) groups excluding carboxylic acids is 1. The summed E-state index contributed by atoms with van der Waals surface area (Å²) in [6, 6.07) is 5.37. The summed E-state index contributed by atoms with van der Waals surface area (Å²) < 4.78 is 2.20. The number of amides is 1. The molecule has 120 valence electrons. The highest BCUT2D eigenvalue weighted by Crippen LogP contribution is 2.21. The Balaban J connectivity index is 1.90. The second-order valence-corrected chi connectivity index (χ2v) is 6.48. The van der Waals surface area contributed by atoms with Gasteiger partial charge in [-0.2, -0.15) is 0 Å². The summed E-state index contributed by atoms with van der Waals surface area (Å²) in [7, 11) is 0. The summed E-state index contributed by atoms with van der Waals surface area (Å²) >= 11 is 3.36. The fourth-order valence-electron chi connectivity index (χ4n) is 2.91. The molecule has 1 aromatic heterocycles. The van der Waals surface area contributed by atoms with Gasteiger partial charge in [-0.25, -0.2) is 4.98 Å². The number of likely N-dealkylation sites (N-methyl/N-ethyl adjacent to an activating group) is 1. The van der Waals surface area contributed by atoms with E-state index in [1.807, 2.05) is 13.0 Å². The van der Waals surface area contributed by atoms with Crippen molar-refractivity contribution in [3.05, 3.63) is 51.1 Å². The van der Waals surface area contributed by atoms with E-state index in [9.17, 15) is 9.59 Å². The number of benzene rings is 1. The number of hydrogen-bond donors (Lipinski definition) is 0. The standard InChI is InChI=1S/C17H18BrN3O2/c1-2-21(13-5-3-4-6-13)16(22)10-20-11-19-15-8-7-12(18)9-14(15)17(20)23/h5,7-9,11H,2-4,6,10H2,1H3. The van der Waals surface area contributed by atoms with Gasteiger partial charge in [-0.15, -0.1) is 0 Å². The maximum atomic E-state index is 12.6. The molecule has 23 heavy (non-hydrogen) atoms. The molecular weight excluding hydrogens is 358 g/mol. The highest BCUT2D eigenvalue weighted by Gasteiger charge is 2.19. The zero-order valence-corrected chi connectivity index (χ0v) is 14.5. The normalized spacial score (nSPS) is 14.1. The van der Waals surface area contributed by atoms with Crippen LogP contribution in [0.1, 0.15) is 26.2 Å². The van der Waals surface area contributed by atoms with Crippen molar-refractivity contribution in [1.29, 1.82) is 0 Å². The third-order valence-electron chi connectivity index (χ3n) is 4.07. The lowest BCUT2D eigenvalue weighted by molar-refractivity contribution is -0.129. The summed E-state index contributed by atoms with van der Waals surface area (Å²) in [5.41, 5.74) is 1.51. The van der Waals surface area contributed by atoms with E-state index in [2.05, 4.69) is 27.0 Å². The van der Waals surface area contributed by atoms with Gasteiger partial charge in [0.15, 0.2) is 0 Å². The van der Waals surface area contributed by atoms with Crippen LogP contribution >= 0.6 is 15.9 Å². The Kier molecular flexibility index (Phi) is 4.61. The summed E-state index contributed by atoms with van der Waals surface area (Å²) in [5, 5.41) is 0.512. The van der Waals surface area contributed by atoms with E-state index in [1.54, 1.807) is 17.0 Å². The van der Waals surface area contributed by atoms with Crippen LogP contribution in [0, 0.1) is 0 Å². The van der Waals surface area contributed by atoms with Crippen molar-refractivity contribution in [2.24, 2.45) is 0 Å². The minimum absolute atomic E-state index is 0.0134. The first-order chi connectivity index (χ1) is 11.1. The maximum absolute atomic E-state index is 12.6. The molecule has 0 fully saturated rings. The zero-order chi connectivity index (χ0) is 16.4. The Morgan fingerprint density at radius 1 is 1.43 bits per heavy atom. The molecule has 0 radical (unpaired) electrons. The van der Waals surface area contributed by atoms with E-state index >= 15 is 0 Å². The van der Waals surface area contributed by atoms with E-state index in [4.69, 9.17) is 0 Å². The number of fused-ring (bicyclic) bond motifs is 1. The lowest BCUT2D eigenvalue weighted by Gasteiger charge is -2.22. The molecule has 0 atom stereocenters. The molecule has 1 aliphatic rings. The van der Waals surface area contributed by atoms with Crippen LogP contribution in [0.5, 0.6) is 0 Å². The van der Waals surface area contributed by atoms with Crippen molar-refractivity contribution in [2.75, 3.05) is 6.54 Å². The fraction of sp³-hybridized carbons (Fsp3) is 0.353. The van der Waals surface area contributed by atoms with E-state index in [-0.39, 0.29) is 18.0 Å². The van der Waals surface area contributed by atoms with Gasteiger partial charge in [0.2, 0.25) is 5.91 Å². The van der Waals surface area contributed by atoms with Crippen LogP contribution in [-0.2, 0) is 11.3 Å². The molecule has 1 aliphatic carbocycles. The molecule has 2 aromatic rings. The lowest BCUT2D eigenvalue weighted by atomic mass is 10.2. The van der Waals surface area contributed by atoms with Crippen LogP contribution in [0.25, 0.3) is 10.9 Å². The first-order valence-corrected chi connectivity index (χ1v) is 8.53. The third-order valence-corrected chi connectivity index (χ3v) is 4.57. The number of nitrogens with zero attached hydrogens (tertiary/aromatic N) is 3. The van der Waals surface area contributed by atoms with Crippen molar-refractivity contribution in [3.8, 4) is 0 Å². The zero-order valence-electron chi connectivity index (χ0n) is 13.0. The second kappa shape index (κ2) is 6.66. The Hall–Kier alpha value is -1.95. The lowest BCUT2D eigenvalue weighted by Crippen LogP contribution is -2.35. The Labute approximate surface area is 142 Å². The summed E-state index contributed by atoms with van der Waals surface area (Å²) in [6.07, 6.45) is 6.60. The van der Waals surface area contributed by atoms with Gasteiger partial charge < -0.3 is 4.90 Å². The molecule has 0 saturated heterocycles. The van der Waals surface area contributed by atoms with E-state index in [1.165, 1.54) is 10.9 Å². The Morgan fingerprint density at radius 3 is 2.96 bits per heavy atom. The molecule has 0 aliphatic heterocycles. The molecule has 1 heterocycles. The SMILES string of the molecule is CCN(C(=O)Cn1cnc2ccc(Br)cc2c1=O)C1=CCCC1. The summed E-state index contributed by atoms with van der Waals surface area (Å²) in [4.78, 5) is 31.2. The monoisotopic (exact) mass is 375 g/mol. The summed E-state index contributed by atoms with van der Waals surface area (Å²) in [5.74, 6) is -0.0705. The minimum atomic E-state index is -0.193. The van der Waals surface area contributed by atoms with Crippen LogP contribution in [0.2, 0.25) is 0 Å². The number of aromatic nitrogens is 2. The van der Waals surface area contributed by atoms with Crippen LogP contribution in [-0.4, -0.2) is 26.9 Å². The first kappa shape index (κ1) is 15.9. The molecule has 5 nitrogen and oxygen atoms in total. The third kappa shape index (κ3) is 3.22. The number of allylic oxidation sites excluding steroid dienone is 2. The topological polar surface area (TPSA) is 55.2 Å². The average molecular weight is 376 g/mol. The van der Waals surface area contributed by atoms with Gasteiger partial charge in [0.05, 0.1) is 17.2 Å². The van der Waals surface area contributed by atoms with Crippen LogP contribution in [0.3, 0.4) is 0 Å². The van der Waals surface area contributed by atoms with E-state index in [0.717, 1.165) is 29.4 Å². The van der Waals surface area contributed by atoms with Crippen LogP contribution in [0.4, 0.5) is 0 Å². The number of rotatable bonds is 4. The number of carbonyl (C=O) groups is 1. The second-order valence-electron chi connectivity index (χ2n) is 5.56. The van der Waals surface area contributed by atoms with Crippen molar-refractivity contribution in [2.45, 2.75) is 32.7 Å². The van der Waals surface area contributed by atoms with Gasteiger partial charge >= 0.3 is 0 Å². The first-order valence-electron chi connectivity index (χ1n) is 7.74. The quantitative estimate of drug-likeness (QED) is 0.824. The smallest absolute Gasteiger partial charge is 0.261 e. The largest absolute Gasteiger partial charge is 0.315 e. The molecule has 1 amide bonds. The van der Waals surface area contributed by atoms with Gasteiger partial charge in [-0.1, -0.05) is 22.0 Å².